The van der Waals surface area contributed by atoms with E-state index in [-0.39, 0.29) is 17.6 Å². The smallest absolute Gasteiger partial charge is 0.290 e. The summed E-state index contributed by atoms with van der Waals surface area (Å²) in [6.07, 6.45) is 3.49. The fraction of sp³-hybridized carbons (Fsp3) is 0.533. The molecule has 1 aliphatic rings. The molecule has 0 saturated heterocycles. The lowest BCUT2D eigenvalue weighted by atomic mass is 10.0. The monoisotopic (exact) mass is 317 g/mol. The van der Waals surface area contributed by atoms with E-state index in [1.807, 2.05) is 13.8 Å². The molecule has 0 bridgehead atoms. The molecule has 0 aromatic carbocycles. The Balaban J connectivity index is 1.81. The number of aryl methyl sites for hydroxylation is 1. The van der Waals surface area contributed by atoms with E-state index in [1.165, 1.54) is 6.20 Å². The Morgan fingerprint density at radius 2 is 2.17 bits per heavy atom. The standard InChI is InChI=1S/C15H19N5O3/c1-8(2)13(15-18-14(19-23-15)10-4-5-10)17-12-6-9(3)11(7-16-12)20(21)22/h6-8,10,13H,4-5H2,1-3H3,(H,16,17). The van der Waals surface area contributed by atoms with Gasteiger partial charge in [0.05, 0.1) is 4.92 Å². The number of anilines is 1. The molecule has 3 rings (SSSR count). The minimum absolute atomic E-state index is 0.00505. The molecule has 0 aliphatic heterocycles. The molecule has 1 N–H and O–H groups in total. The molecule has 0 spiro atoms. The molecule has 1 atom stereocenters. The molecule has 8 heteroatoms. The summed E-state index contributed by atoms with van der Waals surface area (Å²) in [5, 5.41) is 18.2. The Bertz CT molecular complexity index is 724. The van der Waals surface area contributed by atoms with Gasteiger partial charge >= 0.3 is 0 Å². The van der Waals surface area contributed by atoms with Crippen LogP contribution in [0.3, 0.4) is 0 Å². The van der Waals surface area contributed by atoms with E-state index in [0.717, 1.165) is 18.7 Å². The van der Waals surface area contributed by atoms with Gasteiger partial charge in [0.1, 0.15) is 18.1 Å². The highest BCUT2D eigenvalue weighted by molar-refractivity contribution is 5.47. The summed E-state index contributed by atoms with van der Waals surface area (Å²) in [4.78, 5) is 19.0. The van der Waals surface area contributed by atoms with Crippen LogP contribution in [0.5, 0.6) is 0 Å². The molecule has 1 unspecified atom stereocenters. The van der Waals surface area contributed by atoms with Gasteiger partial charge in [0.2, 0.25) is 5.89 Å². The van der Waals surface area contributed by atoms with Gasteiger partial charge in [-0.25, -0.2) is 4.98 Å². The van der Waals surface area contributed by atoms with Gasteiger partial charge in [0, 0.05) is 11.5 Å². The maximum Gasteiger partial charge on any atom is 0.290 e. The van der Waals surface area contributed by atoms with Crippen molar-refractivity contribution in [2.45, 2.75) is 45.6 Å². The Labute approximate surface area is 133 Å². The second kappa shape index (κ2) is 5.94. The van der Waals surface area contributed by atoms with Crippen molar-refractivity contribution in [3.63, 3.8) is 0 Å². The first-order valence-corrected chi connectivity index (χ1v) is 7.66. The Kier molecular flexibility index (Phi) is 3.97. The molecule has 1 aliphatic carbocycles. The molecule has 2 aromatic rings. The van der Waals surface area contributed by atoms with Crippen LogP contribution in [0.15, 0.2) is 16.8 Å². The minimum atomic E-state index is -0.439. The second-order valence-corrected chi connectivity index (χ2v) is 6.24. The van der Waals surface area contributed by atoms with E-state index in [1.54, 1.807) is 13.0 Å². The second-order valence-electron chi connectivity index (χ2n) is 6.24. The van der Waals surface area contributed by atoms with Crippen molar-refractivity contribution in [1.29, 1.82) is 0 Å². The average Bonchev–Trinajstić information content (AvgIpc) is 3.22. The van der Waals surface area contributed by atoms with Crippen LogP contribution in [0.2, 0.25) is 0 Å². The first kappa shape index (κ1) is 15.4. The van der Waals surface area contributed by atoms with Gasteiger partial charge in [-0.2, -0.15) is 4.98 Å². The maximum absolute atomic E-state index is 10.9. The summed E-state index contributed by atoms with van der Waals surface area (Å²) >= 11 is 0. The summed E-state index contributed by atoms with van der Waals surface area (Å²) in [5.74, 6) is 2.47. The number of nitro groups is 1. The van der Waals surface area contributed by atoms with Gasteiger partial charge in [-0.1, -0.05) is 19.0 Å². The largest absolute Gasteiger partial charge is 0.358 e. The van der Waals surface area contributed by atoms with Crippen LogP contribution in [0.25, 0.3) is 0 Å². The van der Waals surface area contributed by atoms with Gasteiger partial charge in [0.15, 0.2) is 5.82 Å². The quantitative estimate of drug-likeness (QED) is 0.642. The zero-order valence-electron chi connectivity index (χ0n) is 13.3. The zero-order valence-corrected chi connectivity index (χ0v) is 13.3. The molecule has 2 aromatic heterocycles. The third kappa shape index (κ3) is 3.30. The summed E-state index contributed by atoms with van der Waals surface area (Å²) in [5.41, 5.74) is 0.560. The van der Waals surface area contributed by atoms with Crippen molar-refractivity contribution < 1.29 is 9.45 Å². The van der Waals surface area contributed by atoms with Crippen molar-refractivity contribution in [3.8, 4) is 0 Å². The van der Waals surface area contributed by atoms with E-state index in [9.17, 15) is 10.1 Å². The highest BCUT2D eigenvalue weighted by atomic mass is 16.6. The van der Waals surface area contributed by atoms with Crippen LogP contribution in [0.1, 0.15) is 55.9 Å². The number of nitrogens with one attached hydrogen (secondary N) is 1. The Morgan fingerprint density at radius 3 is 2.74 bits per heavy atom. The van der Waals surface area contributed by atoms with E-state index < -0.39 is 4.92 Å². The third-order valence-electron chi connectivity index (χ3n) is 3.92. The number of pyridine rings is 1. The maximum atomic E-state index is 10.9. The number of aromatic nitrogens is 3. The first-order valence-electron chi connectivity index (χ1n) is 7.66. The van der Waals surface area contributed by atoms with E-state index in [4.69, 9.17) is 4.52 Å². The molecule has 23 heavy (non-hydrogen) atoms. The van der Waals surface area contributed by atoms with Crippen molar-refractivity contribution in [3.05, 3.63) is 39.7 Å². The molecule has 1 fully saturated rings. The molecular formula is C15H19N5O3. The summed E-state index contributed by atoms with van der Waals surface area (Å²) in [6.45, 7) is 5.76. The van der Waals surface area contributed by atoms with Crippen molar-refractivity contribution in [2.24, 2.45) is 5.92 Å². The van der Waals surface area contributed by atoms with Crippen LogP contribution < -0.4 is 5.32 Å². The predicted octanol–water partition coefficient (Wildman–Crippen LogP) is 3.37. The topological polar surface area (TPSA) is 107 Å². The van der Waals surface area contributed by atoms with Crippen molar-refractivity contribution >= 4 is 11.5 Å². The molecular weight excluding hydrogens is 298 g/mol. The number of rotatable bonds is 6. The Hall–Kier alpha value is -2.51. The molecule has 0 amide bonds. The van der Waals surface area contributed by atoms with Crippen LogP contribution in [-0.2, 0) is 0 Å². The lowest BCUT2D eigenvalue weighted by Crippen LogP contribution is -2.18. The molecule has 1 saturated carbocycles. The number of nitrogens with zero attached hydrogens (tertiary/aromatic N) is 4. The van der Waals surface area contributed by atoms with E-state index in [0.29, 0.717) is 23.2 Å². The highest BCUT2D eigenvalue weighted by Gasteiger charge is 2.31. The third-order valence-corrected chi connectivity index (χ3v) is 3.92. The number of hydrogen-bond donors (Lipinski definition) is 1. The highest BCUT2D eigenvalue weighted by Crippen LogP contribution is 2.39. The lowest BCUT2D eigenvalue weighted by Gasteiger charge is -2.19. The van der Waals surface area contributed by atoms with Gasteiger partial charge < -0.3 is 9.84 Å². The van der Waals surface area contributed by atoms with E-state index >= 15 is 0 Å². The summed E-state index contributed by atoms with van der Waals surface area (Å²) in [6, 6.07) is 1.47. The average molecular weight is 317 g/mol. The van der Waals surface area contributed by atoms with Crippen LogP contribution in [0, 0.1) is 23.0 Å². The molecule has 122 valence electrons. The number of hydrogen-bond acceptors (Lipinski definition) is 7. The van der Waals surface area contributed by atoms with Crippen LogP contribution in [-0.4, -0.2) is 20.0 Å². The SMILES string of the molecule is Cc1cc(NC(c2nc(C3CC3)no2)C(C)C)ncc1[N+](=O)[O-]. The van der Waals surface area contributed by atoms with Crippen molar-refractivity contribution in [1.82, 2.24) is 15.1 Å². The minimum Gasteiger partial charge on any atom is -0.358 e. The van der Waals surface area contributed by atoms with Crippen molar-refractivity contribution in [2.75, 3.05) is 5.32 Å². The summed E-state index contributed by atoms with van der Waals surface area (Å²) in [7, 11) is 0. The van der Waals surface area contributed by atoms with Gasteiger partial charge in [-0.05, 0) is 31.7 Å². The zero-order chi connectivity index (χ0) is 16.6. The van der Waals surface area contributed by atoms with E-state index in [2.05, 4.69) is 20.4 Å². The fourth-order valence-corrected chi connectivity index (χ4v) is 2.37. The van der Waals surface area contributed by atoms with Crippen LogP contribution >= 0.6 is 0 Å². The lowest BCUT2D eigenvalue weighted by molar-refractivity contribution is -0.385. The van der Waals surface area contributed by atoms with Gasteiger partial charge in [-0.15, -0.1) is 0 Å². The first-order chi connectivity index (χ1) is 11.0. The van der Waals surface area contributed by atoms with Crippen LogP contribution in [0.4, 0.5) is 11.5 Å². The predicted molar refractivity (Wildman–Crippen MR) is 83.1 cm³/mol. The summed E-state index contributed by atoms with van der Waals surface area (Å²) < 4.78 is 5.39. The molecule has 2 heterocycles. The Morgan fingerprint density at radius 1 is 1.43 bits per heavy atom. The van der Waals surface area contributed by atoms with Gasteiger partial charge in [0.25, 0.3) is 5.69 Å². The van der Waals surface area contributed by atoms with Gasteiger partial charge in [-0.3, -0.25) is 10.1 Å². The fourth-order valence-electron chi connectivity index (χ4n) is 2.37. The normalized spacial score (nSPS) is 15.7. The molecule has 0 radical (unpaired) electrons. The molecule has 8 nitrogen and oxygen atoms in total.